The lowest BCUT2D eigenvalue weighted by molar-refractivity contribution is -0.385. The molecule has 0 aliphatic heterocycles. The Hall–Kier alpha value is -3.94. The predicted octanol–water partition coefficient (Wildman–Crippen LogP) is 4.44. The fourth-order valence-electron chi connectivity index (χ4n) is 2.30. The number of nitro groups is 1. The molecule has 1 heterocycles. The van der Waals surface area contributed by atoms with Crippen molar-refractivity contribution in [1.29, 1.82) is 0 Å². The van der Waals surface area contributed by atoms with Crippen LogP contribution in [0.2, 0.25) is 0 Å². The van der Waals surface area contributed by atoms with Gasteiger partial charge in [0.15, 0.2) is 11.5 Å². The van der Waals surface area contributed by atoms with Gasteiger partial charge in [-0.25, -0.2) is 0 Å². The predicted molar refractivity (Wildman–Crippen MR) is 96.3 cm³/mol. The lowest BCUT2D eigenvalue weighted by Crippen LogP contribution is -2.10. The van der Waals surface area contributed by atoms with Gasteiger partial charge in [0.25, 0.3) is 5.91 Å². The summed E-state index contributed by atoms with van der Waals surface area (Å²) in [4.78, 5) is 33.9. The summed E-state index contributed by atoms with van der Waals surface area (Å²) < 4.78 is 10.6. The van der Waals surface area contributed by atoms with Gasteiger partial charge in [0.1, 0.15) is 5.75 Å². The average Bonchev–Trinajstić information content (AvgIpc) is 3.18. The Balaban J connectivity index is 1.76. The quantitative estimate of drug-likeness (QED) is 0.392. The minimum atomic E-state index is -0.611. The van der Waals surface area contributed by atoms with Gasteiger partial charge in [0, 0.05) is 17.3 Å². The number of furan rings is 1. The van der Waals surface area contributed by atoms with Gasteiger partial charge in [-0.3, -0.25) is 19.7 Å². The third-order valence-electron chi connectivity index (χ3n) is 3.65. The number of carbonyl (C=O) groups is 2. The van der Waals surface area contributed by atoms with E-state index in [4.69, 9.17) is 9.15 Å². The Morgan fingerprint density at radius 3 is 2.44 bits per heavy atom. The normalized spacial score (nSPS) is 10.3. The van der Waals surface area contributed by atoms with Crippen LogP contribution in [-0.4, -0.2) is 16.6 Å². The zero-order valence-corrected chi connectivity index (χ0v) is 14.2. The van der Waals surface area contributed by atoms with Crippen molar-refractivity contribution < 1.29 is 23.7 Å². The summed E-state index contributed by atoms with van der Waals surface area (Å²) in [6, 6.07) is 13.4. The molecule has 0 radical (unpaired) electrons. The summed E-state index contributed by atoms with van der Waals surface area (Å²) in [5, 5.41) is 13.9. The lowest BCUT2D eigenvalue weighted by atomic mass is 10.1. The fraction of sp³-hybridized carbons (Fsp3) is 0.0526. The molecule has 0 bridgehead atoms. The van der Waals surface area contributed by atoms with Crippen molar-refractivity contribution in [2.24, 2.45) is 0 Å². The van der Waals surface area contributed by atoms with E-state index in [2.05, 4.69) is 5.32 Å². The van der Waals surface area contributed by atoms with Crippen LogP contribution in [0.15, 0.2) is 65.3 Å². The van der Waals surface area contributed by atoms with Crippen LogP contribution in [0.1, 0.15) is 27.8 Å². The maximum Gasteiger partial charge on any atom is 0.312 e. The number of rotatable bonds is 6. The van der Waals surface area contributed by atoms with E-state index in [1.807, 2.05) is 0 Å². The minimum Gasteiger partial charge on any atom is -0.459 e. The molecular weight excluding hydrogens is 352 g/mol. The van der Waals surface area contributed by atoms with Crippen molar-refractivity contribution in [3.8, 4) is 11.5 Å². The SMILES string of the molecule is CC(=O)c1ccc(Oc2ccc(NC(=O)c3ccco3)cc2)c([N+](=O)[O-])c1. The molecule has 0 aliphatic rings. The van der Waals surface area contributed by atoms with Crippen LogP contribution in [0, 0.1) is 10.1 Å². The number of carbonyl (C=O) groups excluding carboxylic acids is 2. The third-order valence-corrected chi connectivity index (χ3v) is 3.65. The molecular formula is C19H14N2O6. The molecule has 3 aromatic rings. The van der Waals surface area contributed by atoms with Crippen LogP contribution in [0.3, 0.4) is 0 Å². The Morgan fingerprint density at radius 2 is 1.85 bits per heavy atom. The average molecular weight is 366 g/mol. The van der Waals surface area contributed by atoms with Gasteiger partial charge in [-0.15, -0.1) is 0 Å². The first-order valence-electron chi connectivity index (χ1n) is 7.86. The first-order valence-corrected chi connectivity index (χ1v) is 7.86. The second kappa shape index (κ2) is 7.52. The smallest absolute Gasteiger partial charge is 0.312 e. The Bertz CT molecular complexity index is 994. The number of nitrogens with one attached hydrogen (secondary N) is 1. The van der Waals surface area contributed by atoms with E-state index in [0.717, 1.165) is 0 Å². The minimum absolute atomic E-state index is 0.0115. The number of amides is 1. The van der Waals surface area contributed by atoms with Crippen LogP contribution in [0.25, 0.3) is 0 Å². The maximum atomic E-state index is 11.9. The summed E-state index contributed by atoms with van der Waals surface area (Å²) in [6.45, 7) is 1.33. The largest absolute Gasteiger partial charge is 0.459 e. The Kier molecular flexibility index (Phi) is 4.98. The first-order chi connectivity index (χ1) is 12.9. The molecule has 0 atom stereocenters. The van der Waals surface area contributed by atoms with Crippen LogP contribution in [0.5, 0.6) is 11.5 Å². The fourth-order valence-corrected chi connectivity index (χ4v) is 2.30. The van der Waals surface area contributed by atoms with Gasteiger partial charge in [-0.2, -0.15) is 0 Å². The number of hydrogen-bond donors (Lipinski definition) is 1. The van der Waals surface area contributed by atoms with Crippen LogP contribution in [-0.2, 0) is 0 Å². The molecule has 8 nitrogen and oxygen atoms in total. The molecule has 0 saturated heterocycles. The van der Waals surface area contributed by atoms with Crippen molar-refractivity contribution in [3.05, 3.63) is 82.3 Å². The third kappa shape index (κ3) is 4.18. The van der Waals surface area contributed by atoms with Crippen molar-refractivity contribution in [3.63, 3.8) is 0 Å². The highest BCUT2D eigenvalue weighted by molar-refractivity contribution is 6.02. The summed E-state index contributed by atoms with van der Waals surface area (Å²) in [5.41, 5.74) is 0.424. The van der Waals surface area contributed by atoms with Gasteiger partial charge in [0.2, 0.25) is 5.75 Å². The van der Waals surface area contributed by atoms with E-state index in [1.165, 1.54) is 37.5 Å². The van der Waals surface area contributed by atoms with E-state index >= 15 is 0 Å². The van der Waals surface area contributed by atoms with Gasteiger partial charge in [0.05, 0.1) is 11.2 Å². The molecule has 8 heteroatoms. The highest BCUT2D eigenvalue weighted by Gasteiger charge is 2.18. The molecule has 0 fully saturated rings. The van der Waals surface area contributed by atoms with Gasteiger partial charge in [-0.1, -0.05) is 0 Å². The molecule has 0 saturated carbocycles. The molecule has 136 valence electrons. The molecule has 27 heavy (non-hydrogen) atoms. The number of benzene rings is 2. The summed E-state index contributed by atoms with van der Waals surface area (Å²) in [6.07, 6.45) is 1.40. The summed E-state index contributed by atoms with van der Waals surface area (Å²) >= 11 is 0. The molecule has 2 aromatic carbocycles. The standard InChI is InChI=1S/C19H14N2O6/c1-12(22)13-4-9-17(16(11-13)21(24)25)27-15-7-5-14(6-8-15)20-19(23)18-3-2-10-26-18/h2-11H,1H3,(H,20,23). The number of Topliss-reactive ketones (excluding diaryl/α,β-unsaturated/α-hetero) is 1. The number of anilines is 1. The van der Waals surface area contributed by atoms with Crippen LogP contribution in [0.4, 0.5) is 11.4 Å². The van der Waals surface area contributed by atoms with Crippen molar-refractivity contribution >= 4 is 23.1 Å². The second-order valence-corrected chi connectivity index (χ2v) is 5.55. The number of hydrogen-bond acceptors (Lipinski definition) is 6. The zero-order valence-electron chi connectivity index (χ0n) is 14.2. The van der Waals surface area contributed by atoms with E-state index in [9.17, 15) is 19.7 Å². The molecule has 1 N–H and O–H groups in total. The molecule has 3 rings (SSSR count). The second-order valence-electron chi connectivity index (χ2n) is 5.55. The van der Waals surface area contributed by atoms with E-state index in [-0.39, 0.29) is 28.5 Å². The van der Waals surface area contributed by atoms with Gasteiger partial charge in [-0.05, 0) is 55.5 Å². The summed E-state index contributed by atoms with van der Waals surface area (Å²) in [5.74, 6) is -0.149. The number of nitro benzene ring substituents is 1. The monoisotopic (exact) mass is 366 g/mol. The number of ketones is 1. The van der Waals surface area contributed by atoms with E-state index < -0.39 is 10.8 Å². The first kappa shape index (κ1) is 17.9. The van der Waals surface area contributed by atoms with Crippen LogP contribution >= 0.6 is 0 Å². The maximum absolute atomic E-state index is 11.9. The molecule has 0 unspecified atom stereocenters. The lowest BCUT2D eigenvalue weighted by Gasteiger charge is -2.08. The van der Waals surface area contributed by atoms with Crippen molar-refractivity contribution in [1.82, 2.24) is 0 Å². The van der Waals surface area contributed by atoms with Gasteiger partial charge >= 0.3 is 5.69 Å². The Morgan fingerprint density at radius 1 is 1.11 bits per heavy atom. The summed E-state index contributed by atoms with van der Waals surface area (Å²) in [7, 11) is 0. The van der Waals surface area contributed by atoms with Gasteiger partial charge < -0.3 is 14.5 Å². The van der Waals surface area contributed by atoms with E-state index in [1.54, 1.807) is 30.3 Å². The van der Waals surface area contributed by atoms with Crippen molar-refractivity contribution in [2.75, 3.05) is 5.32 Å². The molecule has 1 aromatic heterocycles. The number of nitrogens with zero attached hydrogens (tertiary/aromatic N) is 1. The highest BCUT2D eigenvalue weighted by Crippen LogP contribution is 2.32. The zero-order chi connectivity index (χ0) is 19.4. The highest BCUT2D eigenvalue weighted by atomic mass is 16.6. The number of ether oxygens (including phenoxy) is 1. The molecule has 1 amide bonds. The van der Waals surface area contributed by atoms with E-state index in [0.29, 0.717) is 11.4 Å². The topological polar surface area (TPSA) is 112 Å². The molecule has 0 spiro atoms. The molecule has 0 aliphatic carbocycles. The van der Waals surface area contributed by atoms with Crippen LogP contribution < -0.4 is 10.1 Å². The van der Waals surface area contributed by atoms with Crippen molar-refractivity contribution in [2.45, 2.75) is 6.92 Å². The Labute approximate surface area is 153 Å².